The van der Waals surface area contributed by atoms with Gasteiger partial charge in [0.2, 0.25) is 17.6 Å². The van der Waals surface area contributed by atoms with Crippen molar-refractivity contribution in [3.63, 3.8) is 0 Å². The van der Waals surface area contributed by atoms with Crippen LogP contribution in [0.3, 0.4) is 0 Å². The van der Waals surface area contributed by atoms with Gasteiger partial charge in [-0.25, -0.2) is 9.37 Å². The molecule has 0 bridgehead atoms. The average Bonchev–Trinajstić information content (AvgIpc) is 3.42. The van der Waals surface area contributed by atoms with Crippen LogP contribution in [0.25, 0.3) is 11.4 Å². The second-order valence-electron chi connectivity index (χ2n) is 7.32. The van der Waals surface area contributed by atoms with E-state index in [4.69, 9.17) is 16.1 Å². The van der Waals surface area contributed by atoms with Crippen LogP contribution < -0.4 is 5.32 Å². The topological polar surface area (TPSA) is 85.8 Å². The van der Waals surface area contributed by atoms with Crippen molar-refractivity contribution < 1.29 is 13.7 Å². The molecule has 4 aromatic rings. The van der Waals surface area contributed by atoms with E-state index in [1.54, 1.807) is 41.2 Å². The summed E-state index contributed by atoms with van der Waals surface area (Å²) in [5.74, 6) is 0.993. The first-order chi connectivity index (χ1) is 15.5. The van der Waals surface area contributed by atoms with Crippen molar-refractivity contribution in [3.05, 3.63) is 89.0 Å². The zero-order valence-corrected chi connectivity index (χ0v) is 18.1. The fourth-order valence-electron chi connectivity index (χ4n) is 3.34. The minimum Gasteiger partial charge on any atom is -0.342 e. The molecule has 1 unspecified atom stereocenters. The third-order valence-electron chi connectivity index (χ3n) is 4.97. The number of carbonyl (C=O) groups excluding carboxylic acids is 1. The van der Waals surface area contributed by atoms with Gasteiger partial charge in [0.15, 0.2) is 0 Å². The van der Waals surface area contributed by atoms with Gasteiger partial charge in [-0.3, -0.25) is 4.79 Å². The Hall–Kier alpha value is -3.52. The Bertz CT molecular complexity index is 1210. The Morgan fingerprint density at radius 2 is 2.06 bits per heavy atom. The number of imidazole rings is 1. The van der Waals surface area contributed by atoms with Crippen molar-refractivity contribution in [1.29, 1.82) is 0 Å². The second-order valence-corrected chi connectivity index (χ2v) is 7.76. The fourth-order valence-corrected chi connectivity index (χ4v) is 3.47. The summed E-state index contributed by atoms with van der Waals surface area (Å²) in [4.78, 5) is 21.3. The smallest absolute Gasteiger partial charge is 0.226 e. The predicted octanol–water partition coefficient (Wildman–Crippen LogP) is 4.49. The summed E-state index contributed by atoms with van der Waals surface area (Å²) in [6, 6.07) is 12.7. The lowest BCUT2D eigenvalue weighted by molar-refractivity contribution is -0.121. The molecule has 0 spiro atoms. The van der Waals surface area contributed by atoms with E-state index < -0.39 is 6.04 Å². The molecule has 0 aliphatic heterocycles. The van der Waals surface area contributed by atoms with E-state index >= 15 is 0 Å². The van der Waals surface area contributed by atoms with Crippen LogP contribution in [-0.2, 0) is 18.3 Å². The van der Waals surface area contributed by atoms with Crippen molar-refractivity contribution in [1.82, 2.24) is 25.0 Å². The molecule has 1 atom stereocenters. The van der Waals surface area contributed by atoms with Crippen LogP contribution in [0.15, 0.2) is 65.4 Å². The third kappa shape index (κ3) is 5.20. The maximum atomic E-state index is 13.8. The van der Waals surface area contributed by atoms with Crippen LogP contribution in [0.4, 0.5) is 4.39 Å². The Morgan fingerprint density at radius 1 is 1.25 bits per heavy atom. The maximum absolute atomic E-state index is 13.8. The molecule has 0 saturated carbocycles. The highest BCUT2D eigenvalue weighted by atomic mass is 35.5. The summed E-state index contributed by atoms with van der Waals surface area (Å²) in [6.07, 6.45) is 4.64. The highest BCUT2D eigenvalue weighted by Crippen LogP contribution is 2.22. The normalized spacial score (nSPS) is 12.0. The number of benzene rings is 2. The molecule has 1 N–H and O–H groups in total. The van der Waals surface area contributed by atoms with Gasteiger partial charge >= 0.3 is 0 Å². The van der Waals surface area contributed by atoms with E-state index in [0.717, 1.165) is 5.56 Å². The zero-order valence-electron chi connectivity index (χ0n) is 17.3. The molecule has 0 saturated heterocycles. The molecule has 2 heterocycles. The average molecular weight is 454 g/mol. The molecule has 0 aliphatic carbocycles. The molecule has 2 aromatic carbocycles. The van der Waals surface area contributed by atoms with E-state index in [1.165, 1.54) is 12.1 Å². The Labute approximate surface area is 189 Å². The maximum Gasteiger partial charge on any atom is 0.226 e. The highest BCUT2D eigenvalue weighted by Gasteiger charge is 2.21. The fraction of sp³-hybridized carbons (Fsp3) is 0.217. The number of hydrogen-bond acceptors (Lipinski definition) is 5. The van der Waals surface area contributed by atoms with E-state index in [2.05, 4.69) is 20.4 Å². The van der Waals surface area contributed by atoms with Gasteiger partial charge in [-0.1, -0.05) is 28.9 Å². The standard InChI is InChI=1S/C23H21ClFN5O2/c1-30-13-12-26-23(30)21(16-4-2-5-18(25)14-16)27-19(31)6-3-7-20-28-22(29-32-20)15-8-10-17(24)11-9-15/h2,4-5,8-14,21H,3,6-7H2,1H3,(H,27,31). The second kappa shape index (κ2) is 9.74. The van der Waals surface area contributed by atoms with Gasteiger partial charge in [0.1, 0.15) is 17.7 Å². The Morgan fingerprint density at radius 3 is 2.78 bits per heavy atom. The number of rotatable bonds is 8. The lowest BCUT2D eigenvalue weighted by atomic mass is 10.1. The minimum atomic E-state index is -0.557. The van der Waals surface area contributed by atoms with Gasteiger partial charge in [-0.05, 0) is 48.4 Å². The van der Waals surface area contributed by atoms with Gasteiger partial charge < -0.3 is 14.4 Å². The molecule has 0 radical (unpaired) electrons. The number of nitrogens with one attached hydrogen (secondary N) is 1. The van der Waals surface area contributed by atoms with E-state index in [-0.39, 0.29) is 18.1 Å². The van der Waals surface area contributed by atoms with Gasteiger partial charge in [0.05, 0.1) is 0 Å². The molecule has 1 amide bonds. The summed E-state index contributed by atoms with van der Waals surface area (Å²) in [5.41, 5.74) is 1.42. The molecule has 2 aromatic heterocycles. The third-order valence-corrected chi connectivity index (χ3v) is 5.22. The summed E-state index contributed by atoms with van der Waals surface area (Å²) in [5, 5.41) is 7.57. The van der Waals surface area contributed by atoms with Crippen molar-refractivity contribution in [2.75, 3.05) is 0 Å². The molecule has 7 nitrogen and oxygen atoms in total. The summed E-state index contributed by atoms with van der Waals surface area (Å²) in [6.45, 7) is 0. The van der Waals surface area contributed by atoms with Crippen LogP contribution >= 0.6 is 11.6 Å². The molecule has 164 valence electrons. The summed E-state index contributed by atoms with van der Waals surface area (Å²) < 4.78 is 20.9. The van der Waals surface area contributed by atoms with Crippen LogP contribution in [0, 0.1) is 5.82 Å². The van der Waals surface area contributed by atoms with Gasteiger partial charge in [-0.2, -0.15) is 4.98 Å². The molecule has 0 fully saturated rings. The molecule has 32 heavy (non-hydrogen) atoms. The van der Waals surface area contributed by atoms with Gasteiger partial charge in [0, 0.05) is 42.9 Å². The molecule has 9 heteroatoms. The highest BCUT2D eigenvalue weighted by molar-refractivity contribution is 6.30. The molecular formula is C23H21ClFN5O2. The van der Waals surface area contributed by atoms with Gasteiger partial charge in [-0.15, -0.1) is 0 Å². The largest absolute Gasteiger partial charge is 0.342 e. The number of hydrogen-bond donors (Lipinski definition) is 1. The number of aryl methyl sites for hydroxylation is 2. The quantitative estimate of drug-likeness (QED) is 0.424. The zero-order chi connectivity index (χ0) is 22.5. The van der Waals surface area contributed by atoms with E-state index in [0.29, 0.717) is 41.0 Å². The number of halogens is 2. The first-order valence-corrected chi connectivity index (χ1v) is 10.5. The number of aromatic nitrogens is 4. The SMILES string of the molecule is Cn1ccnc1C(NC(=O)CCCc1nc(-c2ccc(Cl)cc2)no1)c1cccc(F)c1. The Balaban J connectivity index is 1.37. The first-order valence-electron chi connectivity index (χ1n) is 10.1. The van der Waals surface area contributed by atoms with Crippen molar-refractivity contribution in [3.8, 4) is 11.4 Å². The van der Waals surface area contributed by atoms with Crippen LogP contribution in [0.5, 0.6) is 0 Å². The van der Waals surface area contributed by atoms with Crippen molar-refractivity contribution in [2.45, 2.75) is 25.3 Å². The number of nitrogens with zero attached hydrogens (tertiary/aromatic N) is 4. The number of amides is 1. The van der Waals surface area contributed by atoms with Crippen LogP contribution in [-0.4, -0.2) is 25.6 Å². The molecule has 0 aliphatic rings. The van der Waals surface area contributed by atoms with E-state index in [1.807, 2.05) is 19.2 Å². The predicted molar refractivity (Wildman–Crippen MR) is 117 cm³/mol. The van der Waals surface area contributed by atoms with Crippen LogP contribution in [0.2, 0.25) is 5.02 Å². The lowest BCUT2D eigenvalue weighted by Crippen LogP contribution is -2.31. The monoisotopic (exact) mass is 453 g/mol. The minimum absolute atomic E-state index is 0.181. The molecule has 4 rings (SSSR count). The summed E-state index contributed by atoms with van der Waals surface area (Å²) in [7, 11) is 1.83. The number of carbonyl (C=O) groups is 1. The first kappa shape index (κ1) is 21.7. The lowest BCUT2D eigenvalue weighted by Gasteiger charge is -2.19. The van der Waals surface area contributed by atoms with Crippen LogP contribution in [0.1, 0.15) is 36.2 Å². The van der Waals surface area contributed by atoms with Crippen molar-refractivity contribution in [2.24, 2.45) is 7.05 Å². The molecular weight excluding hydrogens is 433 g/mol. The van der Waals surface area contributed by atoms with Gasteiger partial charge in [0.25, 0.3) is 0 Å². The van der Waals surface area contributed by atoms with E-state index in [9.17, 15) is 9.18 Å². The van der Waals surface area contributed by atoms with Crippen molar-refractivity contribution >= 4 is 17.5 Å². The summed E-state index contributed by atoms with van der Waals surface area (Å²) >= 11 is 5.90. The Kier molecular flexibility index (Phi) is 6.61.